The van der Waals surface area contributed by atoms with Crippen molar-refractivity contribution in [2.45, 2.75) is 35.6 Å². The van der Waals surface area contributed by atoms with Gasteiger partial charge in [0.05, 0.1) is 0 Å². The summed E-state index contributed by atoms with van der Waals surface area (Å²) in [6, 6.07) is 3.54. The maximum atomic E-state index is 13.9. The van der Waals surface area contributed by atoms with Gasteiger partial charge in [-0.25, -0.2) is 8.78 Å². The van der Waals surface area contributed by atoms with Crippen molar-refractivity contribution in [3.8, 4) is 0 Å². The van der Waals surface area contributed by atoms with Gasteiger partial charge in [-0.1, -0.05) is 13.8 Å². The van der Waals surface area contributed by atoms with Crippen LogP contribution in [0.2, 0.25) is 0 Å². The zero-order chi connectivity index (χ0) is 14.0. The Labute approximate surface area is 121 Å². The molecule has 19 heavy (non-hydrogen) atoms. The fourth-order valence-electron chi connectivity index (χ4n) is 2.28. The minimum Gasteiger partial charge on any atom is -0.312 e. The quantitative estimate of drug-likeness (QED) is 0.911. The number of hydrogen-bond donors (Lipinski definition) is 1. The summed E-state index contributed by atoms with van der Waals surface area (Å²) >= 11 is 3.77. The Bertz CT molecular complexity index is 441. The highest BCUT2D eigenvalue weighted by atomic mass is 32.2. The van der Waals surface area contributed by atoms with Crippen molar-refractivity contribution in [2.75, 3.05) is 12.8 Å². The summed E-state index contributed by atoms with van der Waals surface area (Å²) < 4.78 is 27.3. The SMILES string of the molecule is CNC(c1cc(F)ccc1F)C1CSC(C)C(C)S1. The summed E-state index contributed by atoms with van der Waals surface area (Å²) in [4.78, 5) is 0. The van der Waals surface area contributed by atoms with Crippen LogP contribution in [0.4, 0.5) is 8.78 Å². The molecular formula is C14H19F2NS2. The molecule has 1 aromatic carbocycles. The van der Waals surface area contributed by atoms with E-state index in [0.29, 0.717) is 16.1 Å². The van der Waals surface area contributed by atoms with Gasteiger partial charge in [0.25, 0.3) is 0 Å². The Hall–Kier alpha value is -0.260. The summed E-state index contributed by atoms with van der Waals surface area (Å²) in [5.74, 6) is 0.238. The van der Waals surface area contributed by atoms with Crippen LogP contribution in [0, 0.1) is 11.6 Å². The van der Waals surface area contributed by atoms with Gasteiger partial charge in [0.2, 0.25) is 0 Å². The number of rotatable bonds is 3. The van der Waals surface area contributed by atoms with Gasteiger partial charge >= 0.3 is 0 Å². The predicted molar refractivity (Wildman–Crippen MR) is 80.9 cm³/mol. The molecule has 106 valence electrons. The van der Waals surface area contributed by atoms with Crippen LogP contribution < -0.4 is 5.32 Å². The van der Waals surface area contributed by atoms with Crippen LogP contribution in [-0.4, -0.2) is 28.6 Å². The molecule has 1 aliphatic rings. The minimum atomic E-state index is -0.383. The molecule has 5 heteroatoms. The molecule has 1 saturated heterocycles. The first-order chi connectivity index (χ1) is 9.02. The van der Waals surface area contributed by atoms with E-state index in [2.05, 4.69) is 19.2 Å². The zero-order valence-electron chi connectivity index (χ0n) is 11.3. The lowest BCUT2D eigenvalue weighted by atomic mass is 10.0. The summed E-state index contributed by atoms with van der Waals surface area (Å²) in [6.45, 7) is 4.42. The minimum absolute atomic E-state index is 0.150. The van der Waals surface area contributed by atoms with Crippen LogP contribution in [0.1, 0.15) is 25.5 Å². The maximum Gasteiger partial charge on any atom is 0.128 e. The molecule has 1 aromatic rings. The second kappa shape index (κ2) is 6.46. The highest BCUT2D eigenvalue weighted by Gasteiger charge is 2.32. The van der Waals surface area contributed by atoms with Gasteiger partial charge in [-0.05, 0) is 25.2 Å². The molecule has 1 heterocycles. The summed E-state index contributed by atoms with van der Waals surface area (Å²) in [6.07, 6.45) is 0. The van der Waals surface area contributed by atoms with Crippen LogP contribution in [0.15, 0.2) is 18.2 Å². The van der Waals surface area contributed by atoms with Crippen molar-refractivity contribution in [3.05, 3.63) is 35.4 Å². The van der Waals surface area contributed by atoms with E-state index in [1.165, 1.54) is 18.2 Å². The van der Waals surface area contributed by atoms with Crippen LogP contribution in [0.5, 0.6) is 0 Å². The van der Waals surface area contributed by atoms with Crippen molar-refractivity contribution in [1.29, 1.82) is 0 Å². The molecule has 1 N–H and O–H groups in total. The molecule has 0 amide bonds. The van der Waals surface area contributed by atoms with Gasteiger partial charge in [-0.3, -0.25) is 0 Å². The first-order valence-corrected chi connectivity index (χ1v) is 8.41. The second-order valence-corrected chi connectivity index (χ2v) is 7.88. The fraction of sp³-hybridized carbons (Fsp3) is 0.571. The highest BCUT2D eigenvalue weighted by molar-refractivity contribution is 8.07. The molecule has 0 bridgehead atoms. The number of benzene rings is 1. The lowest BCUT2D eigenvalue weighted by Gasteiger charge is -2.36. The smallest absolute Gasteiger partial charge is 0.128 e. The molecule has 4 unspecified atom stereocenters. The van der Waals surface area contributed by atoms with E-state index < -0.39 is 0 Å². The lowest BCUT2D eigenvalue weighted by molar-refractivity contribution is 0.522. The molecule has 4 atom stereocenters. The maximum absolute atomic E-state index is 13.9. The lowest BCUT2D eigenvalue weighted by Crippen LogP contribution is -2.36. The average Bonchev–Trinajstić information content (AvgIpc) is 2.38. The summed E-state index contributed by atoms with van der Waals surface area (Å²) in [5.41, 5.74) is 0.433. The molecule has 2 rings (SSSR count). The molecule has 0 aliphatic carbocycles. The highest BCUT2D eigenvalue weighted by Crippen LogP contribution is 2.41. The van der Waals surface area contributed by atoms with Crippen LogP contribution in [0.25, 0.3) is 0 Å². The molecule has 1 fully saturated rings. The Morgan fingerprint density at radius 3 is 2.63 bits per heavy atom. The molecule has 0 spiro atoms. The van der Waals surface area contributed by atoms with E-state index >= 15 is 0 Å². The van der Waals surface area contributed by atoms with E-state index in [9.17, 15) is 8.78 Å². The standard InChI is InChI=1S/C14H19F2NS2/c1-8-9(2)19-13(7-18-8)14(17-3)11-6-10(15)4-5-12(11)16/h4-6,8-9,13-14,17H,7H2,1-3H3. The topological polar surface area (TPSA) is 12.0 Å². The first kappa shape index (κ1) is 15.1. The molecular weight excluding hydrogens is 284 g/mol. The third-order valence-electron chi connectivity index (χ3n) is 3.55. The Kier molecular flexibility index (Phi) is 5.15. The Morgan fingerprint density at radius 2 is 2.00 bits per heavy atom. The van der Waals surface area contributed by atoms with Gasteiger partial charge < -0.3 is 5.32 Å². The second-order valence-electron chi connectivity index (χ2n) is 4.85. The van der Waals surface area contributed by atoms with Crippen molar-refractivity contribution in [2.24, 2.45) is 0 Å². The third kappa shape index (κ3) is 3.44. The van der Waals surface area contributed by atoms with E-state index in [1.54, 1.807) is 0 Å². The first-order valence-electron chi connectivity index (χ1n) is 6.42. The van der Waals surface area contributed by atoms with E-state index in [0.717, 1.165) is 5.75 Å². The van der Waals surface area contributed by atoms with Crippen molar-refractivity contribution in [3.63, 3.8) is 0 Å². The van der Waals surface area contributed by atoms with Crippen molar-refractivity contribution in [1.82, 2.24) is 5.32 Å². The van der Waals surface area contributed by atoms with Crippen LogP contribution >= 0.6 is 23.5 Å². The van der Waals surface area contributed by atoms with Crippen LogP contribution in [-0.2, 0) is 0 Å². The van der Waals surface area contributed by atoms with E-state index in [1.807, 2.05) is 30.6 Å². The van der Waals surface area contributed by atoms with Crippen molar-refractivity contribution >= 4 is 23.5 Å². The monoisotopic (exact) mass is 303 g/mol. The molecule has 1 nitrogen and oxygen atoms in total. The average molecular weight is 303 g/mol. The number of nitrogens with one attached hydrogen (secondary N) is 1. The fourth-order valence-corrected chi connectivity index (χ4v) is 5.42. The molecule has 0 saturated carbocycles. The Balaban J connectivity index is 2.22. The van der Waals surface area contributed by atoms with Crippen molar-refractivity contribution < 1.29 is 8.78 Å². The van der Waals surface area contributed by atoms with Gasteiger partial charge in [-0.15, -0.1) is 0 Å². The number of thioether (sulfide) groups is 2. The summed E-state index contributed by atoms with van der Waals surface area (Å²) in [7, 11) is 1.81. The number of halogens is 2. The molecule has 0 aromatic heterocycles. The van der Waals surface area contributed by atoms with E-state index in [-0.39, 0.29) is 22.9 Å². The van der Waals surface area contributed by atoms with Gasteiger partial charge in [0.15, 0.2) is 0 Å². The van der Waals surface area contributed by atoms with Gasteiger partial charge in [0, 0.05) is 33.1 Å². The normalized spacial score (nSPS) is 29.2. The number of hydrogen-bond acceptors (Lipinski definition) is 3. The molecule has 1 aliphatic heterocycles. The summed E-state index contributed by atoms with van der Waals surface area (Å²) in [5, 5.41) is 4.54. The third-order valence-corrected chi connectivity index (χ3v) is 7.04. The zero-order valence-corrected chi connectivity index (χ0v) is 13.0. The predicted octanol–water partition coefficient (Wildman–Crippen LogP) is 3.85. The largest absolute Gasteiger partial charge is 0.312 e. The Morgan fingerprint density at radius 1 is 1.26 bits per heavy atom. The van der Waals surface area contributed by atoms with Gasteiger partial charge in [-0.2, -0.15) is 23.5 Å². The van der Waals surface area contributed by atoms with Gasteiger partial charge in [0.1, 0.15) is 11.6 Å². The van der Waals surface area contributed by atoms with Crippen LogP contribution in [0.3, 0.4) is 0 Å². The molecule has 0 radical (unpaired) electrons. The van der Waals surface area contributed by atoms with E-state index in [4.69, 9.17) is 0 Å².